The fraction of sp³-hybridized carbons (Fsp3) is 0.571. The van der Waals surface area contributed by atoms with Gasteiger partial charge < -0.3 is 9.73 Å². The van der Waals surface area contributed by atoms with Crippen LogP contribution in [0.25, 0.3) is 6.08 Å². The Hall–Kier alpha value is -1.02. The molecule has 0 fully saturated rings. The van der Waals surface area contributed by atoms with E-state index in [1.54, 1.807) is 0 Å². The molecule has 1 aromatic heterocycles. The van der Waals surface area contributed by atoms with Crippen LogP contribution in [0.2, 0.25) is 0 Å². The first-order valence-corrected chi connectivity index (χ1v) is 6.17. The minimum atomic E-state index is 0.526. The summed E-state index contributed by atoms with van der Waals surface area (Å²) >= 11 is 0. The zero-order valence-corrected chi connectivity index (χ0v) is 10.8. The van der Waals surface area contributed by atoms with E-state index in [9.17, 15) is 0 Å². The van der Waals surface area contributed by atoms with Crippen LogP contribution in [0.5, 0.6) is 0 Å². The van der Waals surface area contributed by atoms with Gasteiger partial charge in [0.1, 0.15) is 11.5 Å². The molecule has 0 aromatic carbocycles. The van der Waals surface area contributed by atoms with Gasteiger partial charge in [-0.25, -0.2) is 0 Å². The van der Waals surface area contributed by atoms with Crippen LogP contribution in [-0.2, 0) is 6.42 Å². The van der Waals surface area contributed by atoms with Crippen molar-refractivity contribution >= 4 is 6.08 Å². The second kappa shape index (κ2) is 6.54. The molecule has 0 unspecified atom stereocenters. The molecule has 0 radical (unpaired) electrons. The van der Waals surface area contributed by atoms with Crippen LogP contribution in [-0.4, -0.2) is 12.6 Å². The van der Waals surface area contributed by atoms with E-state index in [2.05, 4.69) is 45.2 Å². The smallest absolute Gasteiger partial charge is 0.127 e. The van der Waals surface area contributed by atoms with Gasteiger partial charge in [-0.1, -0.05) is 33.3 Å². The predicted molar refractivity (Wildman–Crippen MR) is 69.5 cm³/mol. The molecule has 1 aromatic rings. The summed E-state index contributed by atoms with van der Waals surface area (Å²) in [6, 6.07) is 4.62. The van der Waals surface area contributed by atoms with Crippen LogP contribution >= 0.6 is 0 Å². The monoisotopic (exact) mass is 221 g/mol. The Bertz CT molecular complexity index is 336. The van der Waals surface area contributed by atoms with Crippen molar-refractivity contribution in [2.24, 2.45) is 0 Å². The number of hydrogen-bond donors (Lipinski definition) is 1. The molecule has 1 rings (SSSR count). The van der Waals surface area contributed by atoms with Crippen LogP contribution in [0.15, 0.2) is 22.1 Å². The molecule has 90 valence electrons. The summed E-state index contributed by atoms with van der Waals surface area (Å²) in [6.45, 7) is 9.55. The molecule has 0 atom stereocenters. The average molecular weight is 221 g/mol. The van der Waals surface area contributed by atoms with E-state index in [1.807, 2.05) is 6.07 Å². The van der Waals surface area contributed by atoms with Crippen molar-refractivity contribution in [2.75, 3.05) is 6.54 Å². The van der Waals surface area contributed by atoms with Crippen molar-refractivity contribution in [2.45, 2.75) is 46.6 Å². The Morgan fingerprint density at radius 1 is 1.38 bits per heavy atom. The van der Waals surface area contributed by atoms with Crippen molar-refractivity contribution in [3.63, 3.8) is 0 Å². The highest BCUT2D eigenvalue weighted by molar-refractivity contribution is 5.48. The van der Waals surface area contributed by atoms with Gasteiger partial charge >= 0.3 is 0 Å². The molecule has 0 aliphatic heterocycles. The van der Waals surface area contributed by atoms with E-state index < -0.39 is 0 Å². The second-order valence-corrected chi connectivity index (χ2v) is 4.35. The topological polar surface area (TPSA) is 25.2 Å². The number of hydrogen-bond acceptors (Lipinski definition) is 2. The standard InChI is InChI=1S/C14H23NO/c1-5-12(10-15-11(3)4)9-14-8-7-13(6-2)16-14/h7-9,11,15H,5-6,10H2,1-4H3. The van der Waals surface area contributed by atoms with Gasteiger partial charge in [0.15, 0.2) is 0 Å². The number of aryl methyl sites for hydroxylation is 1. The Kier molecular flexibility index (Phi) is 5.33. The largest absolute Gasteiger partial charge is 0.462 e. The van der Waals surface area contributed by atoms with Gasteiger partial charge in [-0.3, -0.25) is 0 Å². The number of rotatable bonds is 6. The van der Waals surface area contributed by atoms with Crippen LogP contribution in [0.1, 0.15) is 45.6 Å². The molecular weight excluding hydrogens is 198 g/mol. The van der Waals surface area contributed by atoms with Crippen molar-refractivity contribution in [1.82, 2.24) is 5.32 Å². The molecule has 0 saturated heterocycles. The minimum absolute atomic E-state index is 0.526. The van der Waals surface area contributed by atoms with E-state index in [0.29, 0.717) is 6.04 Å². The Labute approximate surface area is 98.7 Å². The van der Waals surface area contributed by atoms with E-state index in [4.69, 9.17) is 4.42 Å². The molecule has 16 heavy (non-hydrogen) atoms. The van der Waals surface area contributed by atoms with Gasteiger partial charge in [0, 0.05) is 19.0 Å². The lowest BCUT2D eigenvalue weighted by molar-refractivity contribution is 0.506. The van der Waals surface area contributed by atoms with Gasteiger partial charge in [-0.15, -0.1) is 0 Å². The predicted octanol–water partition coefficient (Wildman–Crippen LogP) is 3.63. The molecule has 0 bridgehead atoms. The van der Waals surface area contributed by atoms with E-state index >= 15 is 0 Å². The second-order valence-electron chi connectivity index (χ2n) is 4.35. The first-order chi connectivity index (χ1) is 7.65. The molecule has 0 aliphatic carbocycles. The first kappa shape index (κ1) is 13.0. The van der Waals surface area contributed by atoms with Gasteiger partial charge in [0.2, 0.25) is 0 Å². The molecule has 0 amide bonds. The molecule has 1 N–H and O–H groups in total. The summed E-state index contributed by atoms with van der Waals surface area (Å²) in [7, 11) is 0. The van der Waals surface area contributed by atoms with Gasteiger partial charge in [-0.2, -0.15) is 0 Å². The summed E-state index contributed by atoms with van der Waals surface area (Å²) in [5, 5.41) is 3.43. The average Bonchev–Trinajstić information content (AvgIpc) is 2.71. The lowest BCUT2D eigenvalue weighted by atomic mass is 10.1. The summed E-state index contributed by atoms with van der Waals surface area (Å²) in [5.41, 5.74) is 1.38. The summed E-state index contributed by atoms with van der Waals surface area (Å²) in [5.74, 6) is 2.03. The SMILES string of the molecule is CCC(=Cc1ccc(CC)o1)CNC(C)C. The quantitative estimate of drug-likeness (QED) is 0.793. The first-order valence-electron chi connectivity index (χ1n) is 6.17. The zero-order chi connectivity index (χ0) is 12.0. The lowest BCUT2D eigenvalue weighted by Crippen LogP contribution is -2.24. The third-order valence-electron chi connectivity index (χ3n) is 2.57. The van der Waals surface area contributed by atoms with Gasteiger partial charge in [0.05, 0.1) is 0 Å². The molecular formula is C14H23NO. The van der Waals surface area contributed by atoms with Crippen LogP contribution in [0.4, 0.5) is 0 Å². The minimum Gasteiger partial charge on any atom is -0.462 e. The highest BCUT2D eigenvalue weighted by Gasteiger charge is 2.01. The molecule has 1 heterocycles. The Morgan fingerprint density at radius 2 is 2.12 bits per heavy atom. The van der Waals surface area contributed by atoms with Crippen molar-refractivity contribution in [3.05, 3.63) is 29.2 Å². The van der Waals surface area contributed by atoms with E-state index in [1.165, 1.54) is 5.57 Å². The Morgan fingerprint density at radius 3 is 2.62 bits per heavy atom. The normalized spacial score (nSPS) is 12.4. The zero-order valence-electron chi connectivity index (χ0n) is 10.8. The van der Waals surface area contributed by atoms with Gasteiger partial charge in [-0.05, 0) is 24.6 Å². The van der Waals surface area contributed by atoms with E-state index in [0.717, 1.165) is 30.9 Å². The van der Waals surface area contributed by atoms with E-state index in [-0.39, 0.29) is 0 Å². The van der Waals surface area contributed by atoms with Crippen LogP contribution < -0.4 is 5.32 Å². The van der Waals surface area contributed by atoms with Crippen LogP contribution in [0, 0.1) is 0 Å². The molecule has 0 saturated carbocycles. The third-order valence-corrected chi connectivity index (χ3v) is 2.57. The molecule has 2 heteroatoms. The Balaban J connectivity index is 2.63. The maximum atomic E-state index is 5.67. The maximum absolute atomic E-state index is 5.67. The fourth-order valence-electron chi connectivity index (χ4n) is 1.48. The molecule has 2 nitrogen and oxygen atoms in total. The molecule has 0 aliphatic rings. The van der Waals surface area contributed by atoms with Crippen LogP contribution in [0.3, 0.4) is 0 Å². The highest BCUT2D eigenvalue weighted by Crippen LogP contribution is 2.13. The number of furan rings is 1. The summed E-state index contributed by atoms with van der Waals surface area (Å²) in [4.78, 5) is 0. The van der Waals surface area contributed by atoms with Gasteiger partial charge in [0.25, 0.3) is 0 Å². The number of nitrogens with one attached hydrogen (secondary N) is 1. The van der Waals surface area contributed by atoms with Crippen molar-refractivity contribution in [3.8, 4) is 0 Å². The molecule has 0 spiro atoms. The fourth-order valence-corrected chi connectivity index (χ4v) is 1.48. The highest BCUT2D eigenvalue weighted by atomic mass is 16.3. The summed E-state index contributed by atoms with van der Waals surface area (Å²) in [6.07, 6.45) is 4.16. The maximum Gasteiger partial charge on any atom is 0.127 e. The summed E-state index contributed by atoms with van der Waals surface area (Å²) < 4.78 is 5.67. The third kappa shape index (κ3) is 4.23. The lowest BCUT2D eigenvalue weighted by Gasteiger charge is -2.09. The van der Waals surface area contributed by atoms with Crippen molar-refractivity contribution in [1.29, 1.82) is 0 Å². The van der Waals surface area contributed by atoms with Crippen molar-refractivity contribution < 1.29 is 4.42 Å².